The Morgan fingerprint density at radius 3 is 2.30 bits per heavy atom. The van der Waals surface area contributed by atoms with Crippen LogP contribution in [0.25, 0.3) is 0 Å². The summed E-state index contributed by atoms with van der Waals surface area (Å²) in [7, 11) is -4.07. The Morgan fingerprint density at radius 1 is 1.17 bits per heavy atom. The maximum absolute atomic E-state index is 13.3. The predicted octanol–water partition coefficient (Wildman–Crippen LogP) is 4.20. The zero-order valence-corrected chi connectivity index (χ0v) is 15.3. The Kier molecular flexibility index (Phi) is 5.67. The number of nitrogens with zero attached hydrogens (tertiary/aromatic N) is 1. The maximum Gasteiger partial charge on any atom is 0.264 e. The Morgan fingerprint density at radius 2 is 1.78 bits per heavy atom. The highest BCUT2D eigenvalue weighted by atomic mass is 79.9. The van der Waals surface area contributed by atoms with E-state index in [1.165, 1.54) is 18.2 Å². The van der Waals surface area contributed by atoms with Crippen molar-refractivity contribution >= 4 is 60.1 Å². The lowest BCUT2D eigenvalue weighted by atomic mass is 10.3. The molecule has 122 valence electrons. The number of benzene rings is 2. The highest BCUT2D eigenvalue weighted by Crippen LogP contribution is 2.28. The third kappa shape index (κ3) is 4.23. The van der Waals surface area contributed by atoms with Gasteiger partial charge in [0, 0.05) is 4.47 Å². The van der Waals surface area contributed by atoms with Crippen molar-refractivity contribution in [1.29, 1.82) is 0 Å². The summed E-state index contributed by atoms with van der Waals surface area (Å²) in [5.74, 6) is -0.700. The van der Waals surface area contributed by atoms with Crippen molar-refractivity contribution in [3.63, 3.8) is 0 Å². The molecule has 0 aliphatic carbocycles. The minimum absolute atomic E-state index is 0.0355. The molecule has 4 nitrogen and oxygen atoms in total. The van der Waals surface area contributed by atoms with Gasteiger partial charge in [0.05, 0.1) is 15.6 Å². The van der Waals surface area contributed by atoms with Crippen LogP contribution in [0.5, 0.6) is 0 Å². The third-order valence-electron chi connectivity index (χ3n) is 2.86. The summed E-state index contributed by atoms with van der Waals surface area (Å²) >= 11 is 14.3. The van der Waals surface area contributed by atoms with E-state index in [1.807, 2.05) is 0 Å². The van der Waals surface area contributed by atoms with E-state index in [-0.39, 0.29) is 15.6 Å². The van der Waals surface area contributed by atoms with Crippen molar-refractivity contribution in [2.24, 2.45) is 0 Å². The van der Waals surface area contributed by atoms with Crippen molar-refractivity contribution in [2.75, 3.05) is 10.8 Å². The lowest BCUT2D eigenvalue weighted by Gasteiger charge is -2.23. The molecule has 2 aromatic carbocycles. The van der Waals surface area contributed by atoms with Gasteiger partial charge in [0.15, 0.2) is 0 Å². The number of sulfonamides is 1. The first-order valence-corrected chi connectivity index (χ1v) is 9.12. The van der Waals surface area contributed by atoms with E-state index in [2.05, 4.69) is 15.9 Å². The molecular weight excluding hydrogens is 432 g/mol. The summed E-state index contributed by atoms with van der Waals surface area (Å²) < 4.78 is 40.2. The first-order chi connectivity index (χ1) is 10.7. The monoisotopic (exact) mass is 439 g/mol. The predicted molar refractivity (Wildman–Crippen MR) is 90.9 cm³/mol. The normalized spacial score (nSPS) is 11.3. The second-order valence-electron chi connectivity index (χ2n) is 4.42. The first kappa shape index (κ1) is 18.2. The fourth-order valence-corrected chi connectivity index (χ4v) is 3.84. The van der Waals surface area contributed by atoms with Gasteiger partial charge in [0.1, 0.15) is 12.4 Å². The molecule has 0 aromatic heterocycles. The largest absolute Gasteiger partial charge is 0.279 e. The van der Waals surface area contributed by atoms with E-state index in [1.54, 1.807) is 12.1 Å². The number of hydrogen-bond acceptors (Lipinski definition) is 3. The van der Waals surface area contributed by atoms with E-state index >= 15 is 0 Å². The molecule has 0 heterocycles. The molecular formula is C14H9BrCl2FNO3S. The van der Waals surface area contributed by atoms with Crippen LogP contribution in [0.4, 0.5) is 10.1 Å². The molecule has 0 radical (unpaired) electrons. The van der Waals surface area contributed by atoms with Gasteiger partial charge in [-0.15, -0.1) is 0 Å². The summed E-state index contributed by atoms with van der Waals surface area (Å²) in [5.41, 5.74) is 0.0355. The van der Waals surface area contributed by atoms with Crippen LogP contribution in [0.1, 0.15) is 0 Å². The zero-order chi connectivity index (χ0) is 17.2. The Balaban J connectivity index is 2.55. The Bertz CT molecular complexity index is 844. The minimum atomic E-state index is -4.07. The molecule has 9 heteroatoms. The van der Waals surface area contributed by atoms with Crippen LogP contribution < -0.4 is 4.31 Å². The molecule has 0 atom stereocenters. The van der Waals surface area contributed by atoms with Crippen LogP contribution in [0.15, 0.2) is 51.8 Å². The highest BCUT2D eigenvalue weighted by Gasteiger charge is 2.27. The summed E-state index contributed by atoms with van der Waals surface area (Å²) in [6.07, 6.45) is 0. The van der Waals surface area contributed by atoms with Crippen LogP contribution in [0.3, 0.4) is 0 Å². The standard InChI is InChI=1S/C14H9BrCl2FNO3S/c15-9-1-4-11(5-2-9)23(21,22)19(8-14(17)20)10-3-6-13(18)12(16)7-10/h1-7H,8H2. The van der Waals surface area contributed by atoms with Gasteiger partial charge in [-0.3, -0.25) is 9.10 Å². The lowest BCUT2D eigenvalue weighted by molar-refractivity contribution is -0.110. The average molecular weight is 441 g/mol. The number of hydrogen-bond donors (Lipinski definition) is 0. The molecule has 23 heavy (non-hydrogen) atoms. The van der Waals surface area contributed by atoms with Crippen LogP contribution in [0.2, 0.25) is 5.02 Å². The molecule has 0 N–H and O–H groups in total. The Labute approximate surface area is 151 Å². The van der Waals surface area contributed by atoms with Crippen molar-refractivity contribution in [3.8, 4) is 0 Å². The van der Waals surface area contributed by atoms with E-state index in [4.69, 9.17) is 23.2 Å². The fraction of sp³-hybridized carbons (Fsp3) is 0.0714. The summed E-state index contributed by atoms with van der Waals surface area (Å²) in [5, 5.41) is -1.15. The van der Waals surface area contributed by atoms with Gasteiger partial charge in [0.25, 0.3) is 10.0 Å². The third-order valence-corrected chi connectivity index (χ3v) is 5.59. The topological polar surface area (TPSA) is 54.5 Å². The van der Waals surface area contributed by atoms with Gasteiger partial charge in [0.2, 0.25) is 5.24 Å². The van der Waals surface area contributed by atoms with Gasteiger partial charge in [-0.2, -0.15) is 0 Å². The SMILES string of the molecule is O=C(Cl)CN(c1ccc(F)c(Cl)c1)S(=O)(=O)c1ccc(Br)cc1. The molecule has 0 spiro atoms. The molecule has 0 aliphatic heterocycles. The summed E-state index contributed by atoms with van der Waals surface area (Å²) in [6, 6.07) is 9.17. The lowest BCUT2D eigenvalue weighted by Crippen LogP contribution is -2.34. The first-order valence-electron chi connectivity index (χ1n) is 6.13. The number of rotatable bonds is 5. The maximum atomic E-state index is 13.3. The molecule has 0 saturated carbocycles. The van der Waals surface area contributed by atoms with Gasteiger partial charge in [-0.1, -0.05) is 27.5 Å². The van der Waals surface area contributed by atoms with Crippen molar-refractivity contribution in [3.05, 3.63) is 57.8 Å². The van der Waals surface area contributed by atoms with E-state index in [0.717, 1.165) is 16.4 Å². The fourth-order valence-electron chi connectivity index (χ4n) is 1.80. The molecule has 2 rings (SSSR count). The van der Waals surface area contributed by atoms with Crippen LogP contribution in [-0.2, 0) is 14.8 Å². The van der Waals surface area contributed by atoms with Crippen LogP contribution in [0, 0.1) is 5.82 Å². The van der Waals surface area contributed by atoms with Crippen molar-refractivity contribution in [1.82, 2.24) is 0 Å². The summed E-state index contributed by atoms with van der Waals surface area (Å²) in [4.78, 5) is 11.2. The quantitative estimate of drug-likeness (QED) is 0.654. The molecule has 0 bridgehead atoms. The van der Waals surface area contributed by atoms with Crippen molar-refractivity contribution in [2.45, 2.75) is 4.90 Å². The minimum Gasteiger partial charge on any atom is -0.279 e. The van der Waals surface area contributed by atoms with E-state index in [9.17, 15) is 17.6 Å². The van der Waals surface area contributed by atoms with Gasteiger partial charge < -0.3 is 0 Å². The van der Waals surface area contributed by atoms with E-state index in [0.29, 0.717) is 4.47 Å². The van der Waals surface area contributed by atoms with Crippen LogP contribution >= 0.6 is 39.1 Å². The molecule has 0 saturated heterocycles. The van der Waals surface area contributed by atoms with Gasteiger partial charge in [-0.05, 0) is 54.1 Å². The average Bonchev–Trinajstić information content (AvgIpc) is 2.48. The molecule has 0 fully saturated rings. The van der Waals surface area contributed by atoms with Crippen LogP contribution in [-0.4, -0.2) is 20.2 Å². The number of carbonyl (C=O) groups excluding carboxylic acids is 1. The smallest absolute Gasteiger partial charge is 0.264 e. The highest BCUT2D eigenvalue weighted by molar-refractivity contribution is 9.10. The summed E-state index contributed by atoms with van der Waals surface area (Å²) in [6.45, 7) is -0.609. The molecule has 0 amide bonds. The van der Waals surface area contributed by atoms with Gasteiger partial charge in [-0.25, -0.2) is 12.8 Å². The van der Waals surface area contributed by atoms with Crippen molar-refractivity contribution < 1.29 is 17.6 Å². The number of anilines is 1. The van der Waals surface area contributed by atoms with Gasteiger partial charge >= 0.3 is 0 Å². The Hall–Kier alpha value is -1.15. The second kappa shape index (κ2) is 7.17. The molecule has 0 aliphatic rings. The zero-order valence-electron chi connectivity index (χ0n) is 11.3. The molecule has 0 unspecified atom stereocenters. The second-order valence-corrected chi connectivity index (χ2v) is 8.03. The number of carbonyl (C=O) groups is 1. The number of halogens is 4. The van der Waals surface area contributed by atoms with E-state index < -0.39 is 27.6 Å². The molecule has 2 aromatic rings.